The number of aromatic nitrogens is 2. The summed E-state index contributed by atoms with van der Waals surface area (Å²) in [5.41, 5.74) is 2.48. The Morgan fingerprint density at radius 3 is 2.71 bits per heavy atom. The van der Waals surface area contributed by atoms with Crippen molar-refractivity contribution in [3.8, 4) is 0 Å². The zero-order valence-corrected chi connectivity index (χ0v) is 17.6. The standard InChI is InChI=1S/C16H23N5OS.HI/c1-5-17-16(19-10-15-20-12(3)21-22-15)18-9-13-7-6-11(2)8-14(13)23-4;/h6-8H,5,9-10H2,1-4H3,(H2,17,18,19);1H. The number of hydrogen-bond acceptors (Lipinski definition) is 5. The van der Waals surface area contributed by atoms with Crippen molar-refractivity contribution in [3.63, 3.8) is 0 Å². The number of rotatable bonds is 6. The number of guanidine groups is 1. The third-order valence-corrected chi connectivity index (χ3v) is 3.99. The SMILES string of the molecule is CCNC(=NCc1ccc(C)cc1SC)NCc1nc(C)no1.I. The molecular formula is C16H24IN5OS. The third-order valence-electron chi connectivity index (χ3n) is 3.17. The van der Waals surface area contributed by atoms with E-state index in [0.717, 1.165) is 12.5 Å². The van der Waals surface area contributed by atoms with E-state index in [9.17, 15) is 0 Å². The van der Waals surface area contributed by atoms with Crippen molar-refractivity contribution in [3.05, 3.63) is 41.0 Å². The van der Waals surface area contributed by atoms with Crippen LogP contribution in [0.3, 0.4) is 0 Å². The van der Waals surface area contributed by atoms with E-state index < -0.39 is 0 Å². The number of nitrogens with zero attached hydrogens (tertiary/aromatic N) is 3. The lowest BCUT2D eigenvalue weighted by molar-refractivity contribution is 0.371. The summed E-state index contributed by atoms with van der Waals surface area (Å²) in [5.74, 6) is 1.91. The number of thioether (sulfide) groups is 1. The zero-order chi connectivity index (χ0) is 16.7. The van der Waals surface area contributed by atoms with Crippen LogP contribution in [0.15, 0.2) is 32.6 Å². The van der Waals surface area contributed by atoms with Crippen molar-refractivity contribution in [1.82, 2.24) is 20.8 Å². The Bertz CT molecular complexity index is 674. The van der Waals surface area contributed by atoms with Crippen LogP contribution in [0.5, 0.6) is 0 Å². The number of benzene rings is 1. The lowest BCUT2D eigenvalue weighted by Gasteiger charge is -2.11. The van der Waals surface area contributed by atoms with Crippen LogP contribution < -0.4 is 10.6 Å². The van der Waals surface area contributed by atoms with E-state index in [4.69, 9.17) is 4.52 Å². The lowest BCUT2D eigenvalue weighted by Crippen LogP contribution is -2.36. The Labute approximate surface area is 164 Å². The van der Waals surface area contributed by atoms with Crippen molar-refractivity contribution in [1.29, 1.82) is 0 Å². The summed E-state index contributed by atoms with van der Waals surface area (Å²) in [6.07, 6.45) is 2.09. The van der Waals surface area contributed by atoms with Crippen LogP contribution in [-0.2, 0) is 13.1 Å². The Morgan fingerprint density at radius 2 is 2.08 bits per heavy atom. The topological polar surface area (TPSA) is 75.3 Å². The van der Waals surface area contributed by atoms with Crippen molar-refractivity contribution in [2.75, 3.05) is 12.8 Å². The maximum Gasteiger partial charge on any atom is 0.246 e. The van der Waals surface area contributed by atoms with E-state index in [2.05, 4.69) is 57.1 Å². The molecule has 8 heteroatoms. The Balaban J connectivity index is 0.00000288. The smallest absolute Gasteiger partial charge is 0.246 e. The van der Waals surface area contributed by atoms with Crippen LogP contribution in [0.4, 0.5) is 0 Å². The van der Waals surface area contributed by atoms with Gasteiger partial charge in [-0.25, -0.2) is 4.99 Å². The summed E-state index contributed by atoms with van der Waals surface area (Å²) in [6.45, 7) is 7.80. The number of halogens is 1. The molecule has 0 amide bonds. The molecule has 0 saturated carbocycles. The van der Waals surface area contributed by atoms with Crippen LogP contribution in [0.1, 0.15) is 29.8 Å². The molecule has 24 heavy (non-hydrogen) atoms. The summed E-state index contributed by atoms with van der Waals surface area (Å²) < 4.78 is 5.10. The Kier molecular flexibility index (Phi) is 9.12. The first-order chi connectivity index (χ1) is 11.1. The molecule has 2 N–H and O–H groups in total. The van der Waals surface area contributed by atoms with Gasteiger partial charge < -0.3 is 15.2 Å². The van der Waals surface area contributed by atoms with Crippen LogP contribution in [0.2, 0.25) is 0 Å². The normalized spacial score (nSPS) is 11.1. The molecule has 0 atom stereocenters. The van der Waals surface area contributed by atoms with Crippen LogP contribution in [0.25, 0.3) is 0 Å². The Hall–Kier alpha value is -1.29. The number of aliphatic imine (C=N–C) groups is 1. The fourth-order valence-corrected chi connectivity index (χ4v) is 2.76. The Morgan fingerprint density at radius 1 is 1.29 bits per heavy atom. The molecule has 0 saturated heterocycles. The van der Waals surface area contributed by atoms with E-state index in [1.54, 1.807) is 18.7 Å². The van der Waals surface area contributed by atoms with E-state index in [-0.39, 0.29) is 24.0 Å². The quantitative estimate of drug-likeness (QED) is 0.298. The average molecular weight is 461 g/mol. The summed E-state index contributed by atoms with van der Waals surface area (Å²) >= 11 is 1.74. The maximum absolute atomic E-state index is 5.10. The average Bonchev–Trinajstić information content (AvgIpc) is 2.96. The second kappa shape index (κ2) is 10.5. The molecule has 2 rings (SSSR count). The largest absolute Gasteiger partial charge is 0.357 e. The second-order valence-electron chi connectivity index (χ2n) is 5.10. The molecule has 1 aromatic heterocycles. The molecule has 0 aliphatic rings. The highest BCUT2D eigenvalue weighted by Crippen LogP contribution is 2.22. The van der Waals surface area contributed by atoms with E-state index in [0.29, 0.717) is 24.8 Å². The highest BCUT2D eigenvalue weighted by Gasteiger charge is 2.05. The molecule has 2 aromatic rings. The fraction of sp³-hybridized carbons (Fsp3) is 0.438. The molecule has 132 valence electrons. The highest BCUT2D eigenvalue weighted by molar-refractivity contribution is 14.0. The number of aryl methyl sites for hydroxylation is 2. The second-order valence-corrected chi connectivity index (χ2v) is 5.95. The van der Waals surface area contributed by atoms with E-state index in [1.165, 1.54) is 16.0 Å². The van der Waals surface area contributed by atoms with Crippen molar-refractivity contribution in [2.45, 2.75) is 38.8 Å². The van der Waals surface area contributed by atoms with Crippen molar-refractivity contribution in [2.24, 2.45) is 4.99 Å². The molecule has 6 nitrogen and oxygen atoms in total. The first-order valence-corrected chi connectivity index (χ1v) is 8.79. The molecule has 0 radical (unpaired) electrons. The molecular weight excluding hydrogens is 437 g/mol. The van der Waals surface area contributed by atoms with Crippen molar-refractivity contribution >= 4 is 41.7 Å². The van der Waals surface area contributed by atoms with E-state index >= 15 is 0 Å². The third kappa shape index (κ3) is 6.31. The van der Waals surface area contributed by atoms with Gasteiger partial charge in [0.1, 0.15) is 0 Å². The van der Waals surface area contributed by atoms with Gasteiger partial charge in [-0.1, -0.05) is 17.3 Å². The summed E-state index contributed by atoms with van der Waals surface area (Å²) in [7, 11) is 0. The van der Waals surface area contributed by atoms with E-state index in [1.807, 2.05) is 6.92 Å². The van der Waals surface area contributed by atoms with Gasteiger partial charge in [-0.3, -0.25) is 0 Å². The van der Waals surface area contributed by atoms with Gasteiger partial charge in [0.15, 0.2) is 11.8 Å². The van der Waals surface area contributed by atoms with Crippen LogP contribution >= 0.6 is 35.7 Å². The van der Waals surface area contributed by atoms with Gasteiger partial charge in [-0.15, -0.1) is 35.7 Å². The van der Waals surface area contributed by atoms with Gasteiger partial charge in [-0.05, 0) is 44.2 Å². The van der Waals surface area contributed by atoms with Gasteiger partial charge >= 0.3 is 0 Å². The summed E-state index contributed by atoms with van der Waals surface area (Å²) in [4.78, 5) is 10.1. The molecule has 0 bridgehead atoms. The van der Waals surface area contributed by atoms with Gasteiger partial charge in [0.05, 0.1) is 13.1 Å². The molecule has 1 aromatic carbocycles. The predicted octanol–water partition coefficient (Wildman–Crippen LogP) is 3.28. The number of nitrogens with one attached hydrogen (secondary N) is 2. The predicted molar refractivity (Wildman–Crippen MR) is 109 cm³/mol. The monoisotopic (exact) mass is 461 g/mol. The minimum absolute atomic E-state index is 0. The fourth-order valence-electron chi connectivity index (χ4n) is 2.06. The maximum atomic E-state index is 5.10. The van der Waals surface area contributed by atoms with Crippen molar-refractivity contribution < 1.29 is 4.52 Å². The lowest BCUT2D eigenvalue weighted by atomic mass is 10.1. The molecule has 1 heterocycles. The summed E-state index contributed by atoms with van der Waals surface area (Å²) in [6, 6.07) is 6.44. The minimum atomic E-state index is 0. The van der Waals surface area contributed by atoms with Gasteiger partial charge in [-0.2, -0.15) is 4.98 Å². The molecule has 0 aliphatic heterocycles. The molecule has 0 spiro atoms. The van der Waals surface area contributed by atoms with Crippen LogP contribution in [-0.4, -0.2) is 28.9 Å². The van der Waals surface area contributed by atoms with Gasteiger partial charge in [0.25, 0.3) is 0 Å². The molecule has 0 unspecified atom stereocenters. The molecule has 0 aliphatic carbocycles. The van der Waals surface area contributed by atoms with Gasteiger partial charge in [0, 0.05) is 11.4 Å². The first-order valence-electron chi connectivity index (χ1n) is 7.57. The van der Waals surface area contributed by atoms with Crippen LogP contribution in [0, 0.1) is 13.8 Å². The minimum Gasteiger partial charge on any atom is -0.357 e. The first kappa shape index (κ1) is 20.8. The highest BCUT2D eigenvalue weighted by atomic mass is 127. The summed E-state index contributed by atoms with van der Waals surface area (Å²) in [5, 5.41) is 10.2. The van der Waals surface area contributed by atoms with Gasteiger partial charge in [0.2, 0.25) is 5.89 Å². The zero-order valence-electron chi connectivity index (χ0n) is 14.4. The molecule has 0 fully saturated rings. The number of hydrogen-bond donors (Lipinski definition) is 2.